The number of rotatable bonds is 4. The zero-order valence-electron chi connectivity index (χ0n) is 12.9. The average Bonchev–Trinajstić information content (AvgIpc) is 2.62. The first kappa shape index (κ1) is 16.0. The van der Waals surface area contributed by atoms with Crippen LogP contribution < -0.4 is 10.1 Å². The van der Waals surface area contributed by atoms with Crippen LogP contribution in [0, 0.1) is 0 Å². The van der Waals surface area contributed by atoms with Crippen molar-refractivity contribution >= 4 is 23.5 Å². The molecule has 0 saturated heterocycles. The third-order valence-corrected chi connectivity index (χ3v) is 3.59. The van der Waals surface area contributed by atoms with Gasteiger partial charge < -0.3 is 4.74 Å². The van der Waals surface area contributed by atoms with Gasteiger partial charge in [-0.3, -0.25) is 10.1 Å². The summed E-state index contributed by atoms with van der Waals surface area (Å²) in [6, 6.07) is 16.3. The van der Waals surface area contributed by atoms with Gasteiger partial charge in [0, 0.05) is 16.8 Å². The minimum absolute atomic E-state index is 0.211. The molecule has 1 heterocycles. The SMILES string of the molecule is COc1ccc(Cl)cc1C(=O)Nc1nccc(-c2ccccc2)n1. The molecule has 0 unspecified atom stereocenters. The second-order valence-corrected chi connectivity index (χ2v) is 5.37. The van der Waals surface area contributed by atoms with Crippen molar-refractivity contribution in [2.75, 3.05) is 12.4 Å². The Morgan fingerprint density at radius 2 is 1.92 bits per heavy atom. The Hall–Kier alpha value is -2.92. The topological polar surface area (TPSA) is 64.1 Å². The smallest absolute Gasteiger partial charge is 0.261 e. The molecule has 3 aromatic rings. The molecule has 0 aliphatic heterocycles. The van der Waals surface area contributed by atoms with Gasteiger partial charge >= 0.3 is 0 Å². The van der Waals surface area contributed by atoms with Crippen molar-refractivity contribution in [3.63, 3.8) is 0 Å². The van der Waals surface area contributed by atoms with E-state index in [0.717, 1.165) is 11.3 Å². The summed E-state index contributed by atoms with van der Waals surface area (Å²) in [5, 5.41) is 3.11. The van der Waals surface area contributed by atoms with E-state index in [4.69, 9.17) is 16.3 Å². The molecule has 0 saturated carbocycles. The third kappa shape index (κ3) is 3.52. The van der Waals surface area contributed by atoms with Crippen molar-refractivity contribution < 1.29 is 9.53 Å². The molecule has 0 radical (unpaired) electrons. The van der Waals surface area contributed by atoms with Gasteiger partial charge in [0.1, 0.15) is 5.75 Å². The van der Waals surface area contributed by atoms with Gasteiger partial charge in [-0.2, -0.15) is 0 Å². The van der Waals surface area contributed by atoms with E-state index in [1.807, 2.05) is 30.3 Å². The molecule has 3 rings (SSSR count). The van der Waals surface area contributed by atoms with Crippen molar-refractivity contribution in [3.8, 4) is 17.0 Å². The average molecular weight is 340 g/mol. The Kier molecular flexibility index (Phi) is 4.72. The predicted octanol–water partition coefficient (Wildman–Crippen LogP) is 4.06. The van der Waals surface area contributed by atoms with Crippen LogP contribution in [0.2, 0.25) is 5.02 Å². The molecular formula is C18H14ClN3O2. The molecular weight excluding hydrogens is 326 g/mol. The standard InChI is InChI=1S/C18H14ClN3O2/c1-24-16-8-7-13(19)11-14(16)17(23)22-18-20-10-9-15(21-18)12-5-3-2-4-6-12/h2-11H,1H3,(H,20,21,22,23). The summed E-state index contributed by atoms with van der Waals surface area (Å²) in [4.78, 5) is 20.9. The third-order valence-electron chi connectivity index (χ3n) is 3.36. The van der Waals surface area contributed by atoms with Crippen molar-refractivity contribution in [2.45, 2.75) is 0 Å². The molecule has 2 aromatic carbocycles. The van der Waals surface area contributed by atoms with Crippen molar-refractivity contribution in [1.82, 2.24) is 9.97 Å². The molecule has 0 spiro atoms. The summed E-state index contributed by atoms with van der Waals surface area (Å²) in [7, 11) is 1.49. The van der Waals surface area contributed by atoms with E-state index in [-0.39, 0.29) is 11.9 Å². The zero-order valence-corrected chi connectivity index (χ0v) is 13.6. The molecule has 6 heteroatoms. The van der Waals surface area contributed by atoms with E-state index in [9.17, 15) is 4.79 Å². The number of nitrogens with zero attached hydrogens (tertiary/aromatic N) is 2. The number of carbonyl (C=O) groups is 1. The number of hydrogen-bond donors (Lipinski definition) is 1. The van der Waals surface area contributed by atoms with Crippen LogP contribution in [-0.2, 0) is 0 Å². The van der Waals surface area contributed by atoms with E-state index < -0.39 is 0 Å². The highest BCUT2D eigenvalue weighted by Gasteiger charge is 2.14. The van der Waals surface area contributed by atoms with Crippen LogP contribution in [0.3, 0.4) is 0 Å². The summed E-state index contributed by atoms with van der Waals surface area (Å²) in [5.41, 5.74) is 1.98. The summed E-state index contributed by atoms with van der Waals surface area (Å²) >= 11 is 5.96. The summed E-state index contributed by atoms with van der Waals surface area (Å²) in [5.74, 6) is 0.249. The van der Waals surface area contributed by atoms with Crippen LogP contribution in [0.4, 0.5) is 5.95 Å². The molecule has 5 nitrogen and oxygen atoms in total. The van der Waals surface area contributed by atoms with Crippen LogP contribution in [0.5, 0.6) is 5.75 Å². The summed E-state index contributed by atoms with van der Waals surface area (Å²) in [6.45, 7) is 0. The van der Waals surface area contributed by atoms with Crippen LogP contribution in [0.1, 0.15) is 10.4 Å². The predicted molar refractivity (Wildman–Crippen MR) is 93.4 cm³/mol. The van der Waals surface area contributed by atoms with Crippen molar-refractivity contribution in [3.05, 3.63) is 71.4 Å². The lowest BCUT2D eigenvalue weighted by Crippen LogP contribution is -2.15. The van der Waals surface area contributed by atoms with Gasteiger partial charge in [-0.15, -0.1) is 0 Å². The number of nitrogens with one attached hydrogen (secondary N) is 1. The normalized spacial score (nSPS) is 10.2. The second kappa shape index (κ2) is 7.10. The van der Waals surface area contributed by atoms with E-state index in [0.29, 0.717) is 16.3 Å². The fourth-order valence-electron chi connectivity index (χ4n) is 2.22. The largest absolute Gasteiger partial charge is 0.496 e. The van der Waals surface area contributed by atoms with Crippen molar-refractivity contribution in [2.24, 2.45) is 0 Å². The highest BCUT2D eigenvalue weighted by Crippen LogP contribution is 2.23. The fraction of sp³-hybridized carbons (Fsp3) is 0.0556. The lowest BCUT2D eigenvalue weighted by Gasteiger charge is -2.09. The minimum Gasteiger partial charge on any atom is -0.496 e. The van der Waals surface area contributed by atoms with Gasteiger partial charge in [0.2, 0.25) is 5.95 Å². The van der Waals surface area contributed by atoms with Gasteiger partial charge in [0.05, 0.1) is 18.4 Å². The molecule has 0 aliphatic rings. The Bertz CT molecular complexity index is 869. The maximum atomic E-state index is 12.5. The molecule has 0 aliphatic carbocycles. The number of carbonyl (C=O) groups excluding carboxylic acids is 1. The number of methoxy groups -OCH3 is 1. The Morgan fingerprint density at radius 1 is 1.12 bits per heavy atom. The van der Waals surface area contributed by atoms with Crippen LogP contribution in [0.15, 0.2) is 60.8 Å². The minimum atomic E-state index is -0.389. The van der Waals surface area contributed by atoms with E-state index in [1.165, 1.54) is 13.2 Å². The Labute approximate surface area is 144 Å². The Morgan fingerprint density at radius 3 is 2.67 bits per heavy atom. The summed E-state index contributed by atoms with van der Waals surface area (Å²) in [6.07, 6.45) is 1.60. The highest BCUT2D eigenvalue weighted by molar-refractivity contribution is 6.31. The highest BCUT2D eigenvalue weighted by atomic mass is 35.5. The lowest BCUT2D eigenvalue weighted by molar-refractivity contribution is 0.102. The lowest BCUT2D eigenvalue weighted by atomic mass is 10.1. The molecule has 1 aromatic heterocycles. The molecule has 120 valence electrons. The molecule has 0 atom stereocenters. The number of anilines is 1. The molecule has 1 amide bonds. The van der Waals surface area contributed by atoms with E-state index in [1.54, 1.807) is 24.4 Å². The number of hydrogen-bond acceptors (Lipinski definition) is 4. The molecule has 1 N–H and O–H groups in total. The van der Waals surface area contributed by atoms with Crippen molar-refractivity contribution in [1.29, 1.82) is 0 Å². The molecule has 0 fully saturated rings. The maximum absolute atomic E-state index is 12.5. The van der Waals surface area contributed by atoms with Crippen LogP contribution >= 0.6 is 11.6 Å². The van der Waals surface area contributed by atoms with Gasteiger partial charge in [0.15, 0.2) is 0 Å². The number of ether oxygens (including phenoxy) is 1. The monoisotopic (exact) mass is 339 g/mol. The summed E-state index contributed by atoms with van der Waals surface area (Å²) < 4.78 is 5.19. The first-order valence-corrected chi connectivity index (χ1v) is 7.58. The first-order valence-electron chi connectivity index (χ1n) is 7.21. The number of amides is 1. The quantitative estimate of drug-likeness (QED) is 0.778. The zero-order chi connectivity index (χ0) is 16.9. The van der Waals surface area contributed by atoms with Gasteiger partial charge in [-0.1, -0.05) is 41.9 Å². The van der Waals surface area contributed by atoms with E-state index in [2.05, 4.69) is 15.3 Å². The number of halogens is 1. The fourth-order valence-corrected chi connectivity index (χ4v) is 2.39. The first-order chi connectivity index (χ1) is 11.7. The van der Waals surface area contributed by atoms with Gasteiger partial charge in [-0.05, 0) is 24.3 Å². The van der Waals surface area contributed by atoms with E-state index >= 15 is 0 Å². The molecule has 0 bridgehead atoms. The number of aromatic nitrogens is 2. The maximum Gasteiger partial charge on any atom is 0.261 e. The number of benzene rings is 2. The Balaban J connectivity index is 1.87. The van der Waals surface area contributed by atoms with Crippen LogP contribution in [-0.4, -0.2) is 23.0 Å². The van der Waals surface area contributed by atoms with Gasteiger partial charge in [0.25, 0.3) is 5.91 Å². The van der Waals surface area contributed by atoms with Crippen LogP contribution in [0.25, 0.3) is 11.3 Å². The van der Waals surface area contributed by atoms with Gasteiger partial charge in [-0.25, -0.2) is 9.97 Å². The molecule has 24 heavy (non-hydrogen) atoms. The second-order valence-electron chi connectivity index (χ2n) is 4.93.